The van der Waals surface area contributed by atoms with Crippen LogP contribution in [-0.4, -0.2) is 65.9 Å². The van der Waals surface area contributed by atoms with E-state index in [1.165, 1.54) is 24.3 Å². The van der Waals surface area contributed by atoms with Crippen LogP contribution in [0.5, 0.6) is 0 Å². The Hall–Kier alpha value is -2.68. The fraction of sp³-hybridized carbons (Fsp3) is 0.429. The predicted molar refractivity (Wildman–Crippen MR) is 76.8 cm³/mol. The van der Waals surface area contributed by atoms with Crippen LogP contribution in [0.25, 0.3) is 0 Å². The van der Waals surface area contributed by atoms with E-state index in [4.69, 9.17) is 9.84 Å². The average molecular weight is 323 g/mol. The van der Waals surface area contributed by atoms with Gasteiger partial charge in [0.15, 0.2) is 6.10 Å². The van der Waals surface area contributed by atoms with Gasteiger partial charge in [-0.2, -0.15) is 0 Å². The molecule has 23 heavy (non-hydrogen) atoms. The second-order valence-electron chi connectivity index (χ2n) is 4.83. The van der Waals surface area contributed by atoms with E-state index >= 15 is 0 Å². The molecule has 2 rings (SSSR count). The van der Waals surface area contributed by atoms with Gasteiger partial charge in [0.1, 0.15) is 0 Å². The van der Waals surface area contributed by atoms with E-state index in [2.05, 4.69) is 15.0 Å². The quantitative estimate of drug-likeness (QED) is 0.792. The lowest BCUT2D eigenvalue weighted by atomic mass is 10.1. The van der Waals surface area contributed by atoms with Crippen molar-refractivity contribution in [2.45, 2.75) is 12.6 Å². The lowest BCUT2D eigenvalue weighted by Gasteiger charge is -2.30. The minimum absolute atomic E-state index is 0.00770. The highest BCUT2D eigenvalue weighted by Gasteiger charge is 2.29. The molecule has 9 nitrogen and oxygen atoms in total. The lowest BCUT2D eigenvalue weighted by Crippen LogP contribution is -2.48. The maximum absolute atomic E-state index is 12.5. The molecule has 1 aromatic heterocycles. The number of methoxy groups -OCH3 is 1. The van der Waals surface area contributed by atoms with Crippen LogP contribution in [-0.2, 0) is 20.8 Å². The van der Waals surface area contributed by atoms with Crippen LogP contribution in [0.2, 0.25) is 0 Å². The zero-order valence-electron chi connectivity index (χ0n) is 12.5. The number of carboxylic acids is 1. The van der Waals surface area contributed by atoms with E-state index in [0.29, 0.717) is 17.8 Å². The number of carbonyl (C=O) groups excluding carboxylic acids is 2. The van der Waals surface area contributed by atoms with Gasteiger partial charge in [-0.25, -0.2) is 9.59 Å². The largest absolute Gasteiger partial charge is 0.479 e. The molecular formula is C14H17N3O6. The van der Waals surface area contributed by atoms with Crippen molar-refractivity contribution in [2.75, 3.05) is 26.8 Å². The SMILES string of the molecule is COC(=O)NCc1cc(C(=O)N2CCOC(C(=O)O)C2)ccn1. The normalized spacial score (nSPS) is 17.4. The van der Waals surface area contributed by atoms with Gasteiger partial charge in [0.25, 0.3) is 5.91 Å². The minimum Gasteiger partial charge on any atom is -0.479 e. The van der Waals surface area contributed by atoms with Gasteiger partial charge >= 0.3 is 12.1 Å². The van der Waals surface area contributed by atoms with Crippen LogP contribution in [0.4, 0.5) is 4.79 Å². The van der Waals surface area contributed by atoms with Gasteiger partial charge in [-0.15, -0.1) is 0 Å². The highest BCUT2D eigenvalue weighted by Crippen LogP contribution is 2.11. The third kappa shape index (κ3) is 4.39. The maximum Gasteiger partial charge on any atom is 0.407 e. The van der Waals surface area contributed by atoms with Crippen LogP contribution in [0.1, 0.15) is 16.1 Å². The summed E-state index contributed by atoms with van der Waals surface area (Å²) in [7, 11) is 1.25. The topological polar surface area (TPSA) is 118 Å². The monoisotopic (exact) mass is 323 g/mol. The number of rotatable bonds is 4. The minimum atomic E-state index is -1.10. The summed E-state index contributed by atoms with van der Waals surface area (Å²) in [5.41, 5.74) is 0.858. The Kier molecular flexibility index (Phi) is 5.47. The summed E-state index contributed by atoms with van der Waals surface area (Å²) in [6.45, 7) is 0.603. The summed E-state index contributed by atoms with van der Waals surface area (Å²) in [5.74, 6) is -1.40. The summed E-state index contributed by atoms with van der Waals surface area (Å²) in [5, 5.41) is 11.4. The molecule has 0 spiro atoms. The summed E-state index contributed by atoms with van der Waals surface area (Å²) < 4.78 is 9.55. The highest BCUT2D eigenvalue weighted by molar-refractivity contribution is 5.94. The van der Waals surface area contributed by atoms with Gasteiger partial charge in [0.05, 0.1) is 32.5 Å². The van der Waals surface area contributed by atoms with Crippen LogP contribution in [0, 0.1) is 0 Å². The van der Waals surface area contributed by atoms with Gasteiger partial charge in [0, 0.05) is 18.3 Å². The molecule has 0 bridgehead atoms. The van der Waals surface area contributed by atoms with Crippen molar-refractivity contribution in [3.63, 3.8) is 0 Å². The third-order valence-electron chi connectivity index (χ3n) is 3.29. The van der Waals surface area contributed by atoms with E-state index in [9.17, 15) is 14.4 Å². The van der Waals surface area contributed by atoms with Crippen molar-refractivity contribution in [1.82, 2.24) is 15.2 Å². The second kappa shape index (κ2) is 7.54. The molecule has 9 heteroatoms. The summed E-state index contributed by atoms with van der Waals surface area (Å²) in [6.07, 6.45) is -0.160. The number of ether oxygens (including phenoxy) is 2. The van der Waals surface area contributed by atoms with Crippen molar-refractivity contribution in [1.29, 1.82) is 0 Å². The maximum atomic E-state index is 12.5. The Morgan fingerprint density at radius 1 is 1.52 bits per heavy atom. The Balaban J connectivity index is 2.04. The number of aromatic nitrogens is 1. The number of pyridine rings is 1. The first-order valence-electron chi connectivity index (χ1n) is 6.91. The Labute approximate surface area is 132 Å². The number of nitrogens with one attached hydrogen (secondary N) is 1. The number of hydrogen-bond donors (Lipinski definition) is 2. The number of carboxylic acid groups (broad SMARTS) is 1. The number of amides is 2. The molecule has 1 atom stereocenters. The van der Waals surface area contributed by atoms with Crippen molar-refractivity contribution in [3.05, 3.63) is 29.6 Å². The molecule has 2 amide bonds. The smallest absolute Gasteiger partial charge is 0.407 e. The Morgan fingerprint density at radius 3 is 3.00 bits per heavy atom. The van der Waals surface area contributed by atoms with E-state index in [-0.39, 0.29) is 25.6 Å². The molecule has 1 aromatic rings. The standard InChI is InChI=1S/C14H17N3O6/c1-22-14(21)16-7-10-6-9(2-3-15-10)12(18)17-4-5-23-11(8-17)13(19)20/h2-3,6,11H,4-5,7-8H2,1H3,(H,16,21)(H,19,20). The van der Waals surface area contributed by atoms with E-state index in [1.54, 1.807) is 6.07 Å². The van der Waals surface area contributed by atoms with Crippen molar-refractivity contribution < 1.29 is 29.0 Å². The van der Waals surface area contributed by atoms with E-state index < -0.39 is 18.2 Å². The zero-order chi connectivity index (χ0) is 16.8. The summed E-state index contributed by atoms with van der Waals surface area (Å²) in [4.78, 5) is 39.9. The van der Waals surface area contributed by atoms with Crippen LogP contribution in [0.15, 0.2) is 18.3 Å². The first-order chi connectivity index (χ1) is 11.0. The molecule has 1 fully saturated rings. The number of nitrogens with zero attached hydrogens (tertiary/aromatic N) is 2. The molecule has 0 radical (unpaired) electrons. The summed E-state index contributed by atoms with van der Waals surface area (Å²) in [6, 6.07) is 3.08. The lowest BCUT2D eigenvalue weighted by molar-refractivity contribution is -0.154. The molecule has 0 saturated carbocycles. The number of morpholine rings is 1. The second-order valence-corrected chi connectivity index (χ2v) is 4.83. The van der Waals surface area contributed by atoms with Crippen LogP contribution in [0.3, 0.4) is 0 Å². The van der Waals surface area contributed by atoms with Crippen molar-refractivity contribution >= 4 is 18.0 Å². The molecule has 124 valence electrons. The fourth-order valence-corrected chi connectivity index (χ4v) is 2.11. The number of alkyl carbamates (subject to hydrolysis) is 1. The van der Waals surface area contributed by atoms with Gasteiger partial charge in [-0.1, -0.05) is 0 Å². The summed E-state index contributed by atoms with van der Waals surface area (Å²) >= 11 is 0. The first kappa shape index (κ1) is 16.7. The molecule has 1 unspecified atom stereocenters. The molecule has 1 saturated heterocycles. The van der Waals surface area contributed by atoms with Gasteiger partial charge in [0.2, 0.25) is 0 Å². The molecule has 1 aliphatic rings. The van der Waals surface area contributed by atoms with E-state index in [1.807, 2.05) is 0 Å². The molecule has 2 heterocycles. The van der Waals surface area contributed by atoms with E-state index in [0.717, 1.165) is 0 Å². The molecule has 0 aliphatic carbocycles. The molecular weight excluding hydrogens is 306 g/mol. The zero-order valence-corrected chi connectivity index (χ0v) is 12.5. The number of aliphatic carboxylic acids is 1. The average Bonchev–Trinajstić information content (AvgIpc) is 2.59. The highest BCUT2D eigenvalue weighted by atomic mass is 16.5. The molecule has 1 aliphatic heterocycles. The number of carbonyl (C=O) groups is 3. The van der Waals surface area contributed by atoms with Crippen molar-refractivity contribution in [3.8, 4) is 0 Å². The molecule has 2 N–H and O–H groups in total. The Bertz CT molecular complexity index is 606. The van der Waals surface area contributed by atoms with Gasteiger partial charge < -0.3 is 24.8 Å². The first-order valence-corrected chi connectivity index (χ1v) is 6.91. The predicted octanol–water partition coefficient (Wildman–Crippen LogP) is -0.137. The van der Waals surface area contributed by atoms with Gasteiger partial charge in [-0.05, 0) is 12.1 Å². The number of hydrogen-bond acceptors (Lipinski definition) is 6. The van der Waals surface area contributed by atoms with Crippen LogP contribution >= 0.6 is 0 Å². The van der Waals surface area contributed by atoms with Crippen LogP contribution < -0.4 is 5.32 Å². The van der Waals surface area contributed by atoms with Crippen molar-refractivity contribution in [2.24, 2.45) is 0 Å². The third-order valence-corrected chi connectivity index (χ3v) is 3.29. The fourth-order valence-electron chi connectivity index (χ4n) is 2.11. The van der Waals surface area contributed by atoms with Gasteiger partial charge in [-0.3, -0.25) is 9.78 Å². The Morgan fingerprint density at radius 2 is 2.30 bits per heavy atom. The molecule has 0 aromatic carbocycles.